The Morgan fingerprint density at radius 2 is 1.92 bits per heavy atom. The lowest BCUT2D eigenvalue weighted by Crippen LogP contribution is -2.22. The largest absolute Gasteiger partial charge is 0.324 e. The molecule has 1 N–H and O–H groups in total. The van der Waals surface area contributed by atoms with Gasteiger partial charge in [-0.25, -0.2) is 4.98 Å². The number of nitrogens with one attached hydrogen (secondary N) is 1. The molecule has 3 aromatic rings. The summed E-state index contributed by atoms with van der Waals surface area (Å²) in [6.45, 7) is 1.83. The maximum atomic E-state index is 12.4. The lowest BCUT2D eigenvalue weighted by Gasteiger charge is -2.11. The van der Waals surface area contributed by atoms with E-state index in [-0.39, 0.29) is 11.2 Å². The van der Waals surface area contributed by atoms with E-state index in [0.717, 1.165) is 15.6 Å². The zero-order valence-electron chi connectivity index (χ0n) is 13.5. The van der Waals surface area contributed by atoms with Gasteiger partial charge in [-0.05, 0) is 19.1 Å². The van der Waals surface area contributed by atoms with Gasteiger partial charge in [0.2, 0.25) is 5.91 Å². The number of nitriles is 1. The molecule has 25 heavy (non-hydrogen) atoms. The van der Waals surface area contributed by atoms with E-state index in [1.54, 1.807) is 24.3 Å². The Labute approximate surface area is 154 Å². The monoisotopic (exact) mass is 365 g/mol. The molecule has 6 heteroatoms. The van der Waals surface area contributed by atoms with Crippen LogP contribution >= 0.6 is 23.1 Å². The van der Waals surface area contributed by atoms with Crippen molar-refractivity contribution < 1.29 is 4.79 Å². The fourth-order valence-corrected chi connectivity index (χ4v) is 4.15. The zero-order chi connectivity index (χ0) is 17.6. The van der Waals surface area contributed by atoms with Gasteiger partial charge >= 0.3 is 0 Å². The van der Waals surface area contributed by atoms with Crippen molar-refractivity contribution in [2.24, 2.45) is 0 Å². The van der Waals surface area contributed by atoms with Crippen molar-refractivity contribution in [2.45, 2.75) is 16.5 Å². The summed E-state index contributed by atoms with van der Waals surface area (Å²) in [5, 5.41) is 13.6. The Morgan fingerprint density at radius 3 is 2.68 bits per heavy atom. The number of carbonyl (C=O) groups is 1. The molecule has 4 nitrogen and oxygen atoms in total. The third kappa shape index (κ3) is 4.27. The number of benzene rings is 2. The predicted molar refractivity (Wildman–Crippen MR) is 103 cm³/mol. The van der Waals surface area contributed by atoms with Crippen LogP contribution in [0.3, 0.4) is 0 Å². The maximum absolute atomic E-state index is 12.4. The Kier molecular flexibility index (Phi) is 5.49. The average molecular weight is 365 g/mol. The van der Waals surface area contributed by atoms with E-state index >= 15 is 0 Å². The molecular weight excluding hydrogens is 350 g/mol. The lowest BCUT2D eigenvalue weighted by molar-refractivity contribution is -0.115. The van der Waals surface area contributed by atoms with Crippen LogP contribution in [0.4, 0.5) is 5.69 Å². The first-order chi connectivity index (χ1) is 12.2. The minimum absolute atomic E-state index is 0.149. The second kappa shape index (κ2) is 7.97. The van der Waals surface area contributed by atoms with Gasteiger partial charge in [-0.1, -0.05) is 54.2 Å². The van der Waals surface area contributed by atoms with Crippen molar-refractivity contribution in [3.8, 4) is 17.3 Å². The molecule has 2 aromatic carbocycles. The van der Waals surface area contributed by atoms with Crippen molar-refractivity contribution >= 4 is 34.7 Å². The number of thioether (sulfide) groups is 1. The minimum Gasteiger partial charge on any atom is -0.324 e. The smallest absolute Gasteiger partial charge is 0.237 e. The standard InChI is InChI=1S/C19H15N3OS2/c1-13(18(23)21-16-10-6-5-9-15(16)11-20)25-19-22-17(12-24-19)14-7-3-2-4-8-14/h2-10,12-13H,1H3,(H,21,23)/t13-/m0/s1. The van der Waals surface area contributed by atoms with Gasteiger partial charge in [-0.2, -0.15) is 5.26 Å². The highest BCUT2D eigenvalue weighted by Gasteiger charge is 2.18. The molecule has 0 unspecified atom stereocenters. The molecule has 0 bridgehead atoms. The number of anilines is 1. The van der Waals surface area contributed by atoms with Crippen LogP contribution in [0.25, 0.3) is 11.3 Å². The van der Waals surface area contributed by atoms with Crippen molar-refractivity contribution in [1.82, 2.24) is 4.98 Å². The van der Waals surface area contributed by atoms with Gasteiger partial charge in [0.05, 0.1) is 22.2 Å². The molecule has 0 fully saturated rings. The third-order valence-corrected chi connectivity index (χ3v) is 5.58. The minimum atomic E-state index is -0.318. The summed E-state index contributed by atoms with van der Waals surface area (Å²) in [5.41, 5.74) is 2.96. The summed E-state index contributed by atoms with van der Waals surface area (Å²) in [7, 11) is 0. The van der Waals surface area contributed by atoms with Gasteiger partial charge in [-0.3, -0.25) is 4.79 Å². The maximum Gasteiger partial charge on any atom is 0.237 e. The Hall–Kier alpha value is -2.62. The molecule has 0 saturated carbocycles. The predicted octanol–water partition coefficient (Wildman–Crippen LogP) is 4.80. The molecule has 0 aliphatic heterocycles. The number of hydrogen-bond acceptors (Lipinski definition) is 5. The van der Waals surface area contributed by atoms with Crippen LogP contribution in [0.15, 0.2) is 64.3 Å². The summed E-state index contributed by atoms with van der Waals surface area (Å²) < 4.78 is 0.843. The number of aromatic nitrogens is 1. The average Bonchev–Trinajstić information content (AvgIpc) is 3.11. The second-order valence-electron chi connectivity index (χ2n) is 5.27. The number of rotatable bonds is 5. The zero-order valence-corrected chi connectivity index (χ0v) is 15.1. The van der Waals surface area contributed by atoms with Crippen LogP contribution in [-0.2, 0) is 4.79 Å². The molecule has 1 aromatic heterocycles. The van der Waals surface area contributed by atoms with Gasteiger partial charge in [0.25, 0.3) is 0 Å². The molecule has 0 radical (unpaired) electrons. The summed E-state index contributed by atoms with van der Waals surface area (Å²) in [4.78, 5) is 17.0. The third-order valence-electron chi connectivity index (χ3n) is 3.50. The van der Waals surface area contributed by atoms with Gasteiger partial charge in [0, 0.05) is 10.9 Å². The molecule has 1 atom stereocenters. The van der Waals surface area contributed by atoms with Crippen LogP contribution in [0.5, 0.6) is 0 Å². The van der Waals surface area contributed by atoms with Gasteiger partial charge in [0.1, 0.15) is 6.07 Å². The van der Waals surface area contributed by atoms with Crippen LogP contribution in [0.2, 0.25) is 0 Å². The quantitative estimate of drug-likeness (QED) is 0.660. The van der Waals surface area contributed by atoms with E-state index in [1.165, 1.54) is 23.1 Å². The van der Waals surface area contributed by atoms with Crippen molar-refractivity contribution in [1.29, 1.82) is 5.26 Å². The van der Waals surface area contributed by atoms with E-state index in [2.05, 4.69) is 16.4 Å². The summed E-state index contributed by atoms with van der Waals surface area (Å²) in [6.07, 6.45) is 0. The molecule has 3 rings (SSSR count). The highest BCUT2D eigenvalue weighted by molar-refractivity contribution is 8.02. The number of carbonyl (C=O) groups excluding carboxylic acids is 1. The molecule has 1 amide bonds. The normalized spacial score (nSPS) is 11.5. The highest BCUT2D eigenvalue weighted by atomic mass is 32.2. The van der Waals surface area contributed by atoms with Crippen LogP contribution in [-0.4, -0.2) is 16.1 Å². The Morgan fingerprint density at radius 1 is 1.20 bits per heavy atom. The number of thiazole rings is 1. The van der Waals surface area contributed by atoms with Crippen molar-refractivity contribution in [3.05, 3.63) is 65.5 Å². The number of nitrogens with zero attached hydrogens (tertiary/aromatic N) is 2. The van der Waals surface area contributed by atoms with E-state index in [4.69, 9.17) is 5.26 Å². The molecule has 124 valence electrons. The van der Waals surface area contributed by atoms with Gasteiger partial charge < -0.3 is 5.32 Å². The van der Waals surface area contributed by atoms with E-state index < -0.39 is 0 Å². The molecule has 0 aliphatic carbocycles. The topological polar surface area (TPSA) is 65.8 Å². The number of amides is 1. The fraction of sp³-hybridized carbons (Fsp3) is 0.105. The Balaban J connectivity index is 1.66. The first-order valence-electron chi connectivity index (χ1n) is 7.65. The van der Waals surface area contributed by atoms with E-state index in [1.807, 2.05) is 42.6 Å². The number of para-hydroxylation sites is 1. The molecular formula is C19H15N3OS2. The summed E-state index contributed by atoms with van der Waals surface area (Å²) in [5.74, 6) is -0.149. The number of hydrogen-bond donors (Lipinski definition) is 1. The molecule has 0 saturated heterocycles. The molecule has 0 spiro atoms. The second-order valence-corrected chi connectivity index (χ2v) is 7.72. The fourth-order valence-electron chi connectivity index (χ4n) is 2.18. The molecule has 0 aliphatic rings. The summed E-state index contributed by atoms with van der Waals surface area (Å²) >= 11 is 2.94. The van der Waals surface area contributed by atoms with Crippen molar-refractivity contribution in [3.63, 3.8) is 0 Å². The van der Waals surface area contributed by atoms with Crippen LogP contribution in [0.1, 0.15) is 12.5 Å². The van der Waals surface area contributed by atoms with Crippen molar-refractivity contribution in [2.75, 3.05) is 5.32 Å². The summed E-state index contributed by atoms with van der Waals surface area (Å²) in [6, 6.07) is 19.0. The highest BCUT2D eigenvalue weighted by Crippen LogP contribution is 2.31. The van der Waals surface area contributed by atoms with E-state index in [0.29, 0.717) is 11.3 Å². The van der Waals surface area contributed by atoms with Gasteiger partial charge in [0.15, 0.2) is 4.34 Å². The molecule has 1 heterocycles. The Bertz CT molecular complexity index is 916. The SMILES string of the molecule is C[C@H](Sc1nc(-c2ccccc2)cs1)C(=O)Nc1ccccc1C#N. The van der Waals surface area contributed by atoms with E-state index in [9.17, 15) is 4.79 Å². The van der Waals surface area contributed by atoms with Crippen LogP contribution < -0.4 is 5.32 Å². The first kappa shape index (κ1) is 17.2. The van der Waals surface area contributed by atoms with Crippen LogP contribution in [0, 0.1) is 11.3 Å². The van der Waals surface area contributed by atoms with Gasteiger partial charge in [-0.15, -0.1) is 11.3 Å². The lowest BCUT2D eigenvalue weighted by atomic mass is 10.2. The first-order valence-corrected chi connectivity index (χ1v) is 9.41.